The number of alkyl halides is 3. The Labute approximate surface area is 206 Å². The fourth-order valence-electron chi connectivity index (χ4n) is 3.66. The van der Waals surface area contributed by atoms with E-state index in [0.29, 0.717) is 28.0 Å². The largest absolute Gasteiger partial charge is 0.496 e. The Morgan fingerprint density at radius 2 is 1.72 bits per heavy atom. The molecule has 1 heterocycles. The minimum atomic E-state index is -4.60. The highest BCUT2D eigenvalue weighted by atomic mass is 19.4. The molecule has 0 bridgehead atoms. The summed E-state index contributed by atoms with van der Waals surface area (Å²) in [6.45, 7) is 3.54. The highest BCUT2D eigenvalue weighted by Gasteiger charge is 2.33. The Balaban J connectivity index is 1.81. The van der Waals surface area contributed by atoms with Crippen LogP contribution < -0.4 is 15.4 Å². The molecule has 0 fully saturated rings. The Bertz CT molecular complexity index is 1260. The van der Waals surface area contributed by atoms with E-state index in [2.05, 4.69) is 15.6 Å². The lowest BCUT2D eigenvalue weighted by Gasteiger charge is -2.17. The molecule has 2 amide bonds. The maximum atomic E-state index is 13.3. The first-order valence-electron chi connectivity index (χ1n) is 11.0. The molecule has 3 N–H and O–H groups in total. The molecule has 3 aromatic rings. The highest BCUT2D eigenvalue weighted by molar-refractivity contribution is 5.83. The lowest BCUT2D eigenvalue weighted by Crippen LogP contribution is -2.28. The van der Waals surface area contributed by atoms with E-state index >= 15 is 0 Å². The number of halogens is 3. The molecule has 7 nitrogen and oxygen atoms in total. The Hall–Kier alpha value is -4.08. The minimum Gasteiger partial charge on any atom is -0.496 e. The number of aryl methyl sites for hydroxylation is 1. The van der Waals surface area contributed by atoms with Crippen LogP contribution in [0.3, 0.4) is 0 Å². The van der Waals surface area contributed by atoms with Gasteiger partial charge in [0.15, 0.2) is 0 Å². The number of methoxy groups -OCH3 is 1. The summed E-state index contributed by atoms with van der Waals surface area (Å²) in [6, 6.07) is 14.2. The number of carbonyl (C=O) groups is 2. The molecule has 0 radical (unpaired) electrons. The van der Waals surface area contributed by atoms with Crippen LogP contribution in [0.15, 0.2) is 54.6 Å². The lowest BCUT2D eigenvalue weighted by atomic mass is 9.97. The van der Waals surface area contributed by atoms with E-state index in [1.807, 2.05) is 13.0 Å². The van der Waals surface area contributed by atoms with E-state index in [0.717, 1.165) is 11.6 Å². The zero-order chi connectivity index (χ0) is 26.5. The van der Waals surface area contributed by atoms with Gasteiger partial charge in [0, 0.05) is 24.2 Å². The van der Waals surface area contributed by atoms with Crippen LogP contribution in [-0.2, 0) is 24.1 Å². The molecule has 1 atom stereocenters. The van der Waals surface area contributed by atoms with Gasteiger partial charge in [0.25, 0.3) is 0 Å². The average molecular weight is 502 g/mol. The van der Waals surface area contributed by atoms with Crippen molar-refractivity contribution < 1.29 is 32.6 Å². The summed E-state index contributed by atoms with van der Waals surface area (Å²) in [5.74, 6) is -0.525. The van der Waals surface area contributed by atoms with Gasteiger partial charge in [-0.05, 0) is 43.2 Å². The minimum absolute atomic E-state index is 0.0185. The number of nitrogens with zero attached hydrogens (tertiary/aromatic N) is 1. The van der Waals surface area contributed by atoms with Crippen molar-refractivity contribution in [3.63, 3.8) is 0 Å². The van der Waals surface area contributed by atoms with Crippen molar-refractivity contribution in [1.82, 2.24) is 15.6 Å². The van der Waals surface area contributed by atoms with Gasteiger partial charge in [0.2, 0.25) is 5.91 Å². The first-order valence-corrected chi connectivity index (χ1v) is 11.0. The number of aromatic nitrogens is 1. The van der Waals surface area contributed by atoms with Crippen molar-refractivity contribution in [2.45, 2.75) is 39.0 Å². The number of amides is 2. The number of benzene rings is 2. The molecule has 0 spiro atoms. The summed E-state index contributed by atoms with van der Waals surface area (Å²) >= 11 is 0. The van der Waals surface area contributed by atoms with Gasteiger partial charge in [-0.2, -0.15) is 13.2 Å². The first-order chi connectivity index (χ1) is 17.0. The van der Waals surface area contributed by atoms with Crippen LogP contribution in [-0.4, -0.2) is 29.2 Å². The number of hydrogen-bond donors (Lipinski definition) is 3. The summed E-state index contributed by atoms with van der Waals surface area (Å²) in [5, 5.41) is 13.8. The third kappa shape index (κ3) is 6.53. The van der Waals surface area contributed by atoms with Crippen LogP contribution in [0.25, 0.3) is 11.3 Å². The van der Waals surface area contributed by atoms with Gasteiger partial charge in [-0.3, -0.25) is 4.79 Å². The smallest absolute Gasteiger partial charge is 0.433 e. The van der Waals surface area contributed by atoms with Crippen LogP contribution in [0, 0.1) is 6.92 Å². The second-order valence-electron chi connectivity index (χ2n) is 8.24. The van der Waals surface area contributed by atoms with Crippen molar-refractivity contribution >= 4 is 12.0 Å². The first kappa shape index (κ1) is 26.5. The quantitative estimate of drug-likeness (QED) is 0.390. The van der Waals surface area contributed by atoms with E-state index < -0.39 is 23.9 Å². The Kier molecular flexibility index (Phi) is 8.18. The van der Waals surface area contributed by atoms with E-state index in [1.165, 1.54) is 13.2 Å². The summed E-state index contributed by atoms with van der Waals surface area (Å²) in [7, 11) is 1.44. The van der Waals surface area contributed by atoms with Gasteiger partial charge in [0.05, 0.1) is 18.7 Å². The van der Waals surface area contributed by atoms with Crippen molar-refractivity contribution in [3.05, 3.63) is 82.5 Å². The van der Waals surface area contributed by atoms with E-state index in [-0.39, 0.29) is 24.7 Å². The summed E-state index contributed by atoms with van der Waals surface area (Å²) < 4.78 is 45.2. The molecule has 1 aromatic heterocycles. The van der Waals surface area contributed by atoms with E-state index in [1.54, 1.807) is 43.3 Å². The monoisotopic (exact) mass is 501 g/mol. The fourth-order valence-corrected chi connectivity index (χ4v) is 3.66. The Morgan fingerprint density at radius 1 is 1.03 bits per heavy atom. The van der Waals surface area contributed by atoms with E-state index in [4.69, 9.17) is 9.84 Å². The lowest BCUT2D eigenvalue weighted by molar-refractivity contribution is -0.141. The van der Waals surface area contributed by atoms with Gasteiger partial charge >= 0.3 is 12.3 Å². The molecule has 10 heteroatoms. The summed E-state index contributed by atoms with van der Waals surface area (Å²) in [4.78, 5) is 27.5. The van der Waals surface area contributed by atoms with Crippen LogP contribution >= 0.6 is 0 Å². The average Bonchev–Trinajstić information content (AvgIpc) is 2.84. The second kappa shape index (κ2) is 11.1. The predicted molar refractivity (Wildman–Crippen MR) is 128 cm³/mol. The van der Waals surface area contributed by atoms with Gasteiger partial charge in [-0.25, -0.2) is 9.78 Å². The second-order valence-corrected chi connectivity index (χ2v) is 8.24. The van der Waals surface area contributed by atoms with E-state index in [9.17, 15) is 22.8 Å². The van der Waals surface area contributed by atoms with Crippen LogP contribution in [0.4, 0.5) is 18.0 Å². The number of pyridine rings is 1. The molecule has 0 aliphatic heterocycles. The van der Waals surface area contributed by atoms with Crippen molar-refractivity contribution in [3.8, 4) is 17.0 Å². The van der Waals surface area contributed by atoms with Gasteiger partial charge in [-0.1, -0.05) is 42.0 Å². The zero-order valence-corrected chi connectivity index (χ0v) is 19.9. The third-order valence-electron chi connectivity index (χ3n) is 5.65. The molecule has 0 saturated heterocycles. The number of carboxylic acid groups (broad SMARTS) is 1. The summed E-state index contributed by atoms with van der Waals surface area (Å²) in [6.07, 6.45) is -5.77. The summed E-state index contributed by atoms with van der Waals surface area (Å²) in [5.41, 5.74) is 2.22. The molecule has 0 aliphatic rings. The molecule has 0 saturated carbocycles. The zero-order valence-electron chi connectivity index (χ0n) is 19.9. The Morgan fingerprint density at radius 3 is 2.36 bits per heavy atom. The van der Waals surface area contributed by atoms with Crippen molar-refractivity contribution in [2.75, 3.05) is 7.11 Å². The van der Waals surface area contributed by atoms with Crippen LogP contribution in [0.1, 0.15) is 40.8 Å². The van der Waals surface area contributed by atoms with Gasteiger partial charge in [-0.15, -0.1) is 0 Å². The number of carbonyl (C=O) groups excluding carboxylic acids is 1. The standard InChI is InChI=1S/C26H26F3N3O4/c1-15-5-4-6-18(11-15)23-20(9-10-22(32-23)26(27,28)29)14-30-24(33)16(2)17-7-8-19(13-31-25(34)35)21(12-17)36-3/h4-12,16,31H,13-14H2,1-3H3,(H,30,33)(H,34,35). The maximum Gasteiger partial charge on any atom is 0.433 e. The van der Waals surface area contributed by atoms with Gasteiger partial charge < -0.3 is 20.5 Å². The number of ether oxygens (including phenoxy) is 1. The number of rotatable bonds is 8. The normalized spacial score (nSPS) is 12.1. The predicted octanol–water partition coefficient (Wildman–Crippen LogP) is 5.27. The fraction of sp³-hybridized carbons (Fsp3) is 0.269. The number of hydrogen-bond acceptors (Lipinski definition) is 4. The highest BCUT2D eigenvalue weighted by Crippen LogP contribution is 2.32. The molecule has 36 heavy (non-hydrogen) atoms. The third-order valence-corrected chi connectivity index (χ3v) is 5.65. The molecule has 1 unspecified atom stereocenters. The van der Waals surface area contributed by atoms with Crippen molar-refractivity contribution in [1.29, 1.82) is 0 Å². The molecule has 190 valence electrons. The van der Waals surface area contributed by atoms with Crippen molar-refractivity contribution in [2.24, 2.45) is 0 Å². The molecular formula is C26H26F3N3O4. The van der Waals surface area contributed by atoms with Crippen LogP contribution in [0.5, 0.6) is 5.75 Å². The molecular weight excluding hydrogens is 475 g/mol. The number of nitrogens with one attached hydrogen (secondary N) is 2. The molecule has 3 rings (SSSR count). The van der Waals surface area contributed by atoms with Gasteiger partial charge in [0.1, 0.15) is 11.4 Å². The maximum absolute atomic E-state index is 13.3. The molecule has 2 aromatic carbocycles. The molecule has 0 aliphatic carbocycles. The SMILES string of the molecule is COc1cc(C(C)C(=O)NCc2ccc(C(F)(F)F)nc2-c2cccc(C)c2)ccc1CNC(=O)O. The topological polar surface area (TPSA) is 101 Å². The van der Waals surface area contributed by atoms with Crippen LogP contribution in [0.2, 0.25) is 0 Å².